The summed E-state index contributed by atoms with van der Waals surface area (Å²) in [5, 5.41) is 22.0. The Morgan fingerprint density at radius 3 is 2.65 bits per heavy atom. The van der Waals surface area contributed by atoms with E-state index < -0.39 is 0 Å². The maximum Gasteiger partial charge on any atom is 0.172 e. The summed E-state index contributed by atoms with van der Waals surface area (Å²) >= 11 is 0. The van der Waals surface area contributed by atoms with Crippen LogP contribution in [0.1, 0.15) is 0 Å². The summed E-state index contributed by atoms with van der Waals surface area (Å²) in [6.07, 6.45) is 1.02. The summed E-state index contributed by atoms with van der Waals surface area (Å²) in [6.45, 7) is 0. The largest absolute Gasteiger partial charge is 0.411 e. The summed E-state index contributed by atoms with van der Waals surface area (Å²) in [6, 6.07) is 13.4. The van der Waals surface area contributed by atoms with Crippen molar-refractivity contribution in [3.63, 3.8) is 0 Å². The van der Waals surface area contributed by atoms with Crippen molar-refractivity contribution in [2.75, 3.05) is 0 Å². The van der Waals surface area contributed by atoms with Crippen LogP contribution in [0.25, 0.3) is 10.8 Å². The van der Waals surface area contributed by atoms with Gasteiger partial charge in [0.2, 0.25) is 0 Å². The first-order chi connectivity index (χ1) is 8.35. The molecule has 0 saturated heterocycles. The fourth-order valence-corrected chi connectivity index (χ4v) is 1.57. The molecule has 0 aliphatic heterocycles. The smallest absolute Gasteiger partial charge is 0.172 e. The van der Waals surface area contributed by atoms with Crippen molar-refractivity contribution in [1.29, 1.82) is 0 Å². The minimum absolute atomic E-state index is 0.0591. The van der Waals surface area contributed by atoms with E-state index >= 15 is 0 Å². The molecule has 86 valence electrons. The number of benzene rings is 2. The van der Waals surface area contributed by atoms with Crippen molar-refractivity contribution in [2.45, 2.75) is 0 Å². The molecule has 0 fully saturated rings. The highest BCUT2D eigenvalue weighted by molar-refractivity contribution is 6.29. The van der Waals surface area contributed by atoms with E-state index in [1.807, 2.05) is 47.9 Å². The van der Waals surface area contributed by atoms with Crippen LogP contribution in [0.15, 0.2) is 52.6 Å². The van der Waals surface area contributed by atoms with Gasteiger partial charge in [0, 0.05) is 5.39 Å². The molecule has 0 spiro atoms. The number of hydrogen-bond donors (Lipinski definition) is 3. The molecule has 3 N–H and O–H groups in total. The predicted molar refractivity (Wildman–Crippen MR) is 66.2 cm³/mol. The Hall–Kier alpha value is -2.40. The summed E-state index contributed by atoms with van der Waals surface area (Å²) < 4.78 is 0. The minimum Gasteiger partial charge on any atom is -0.411 e. The quantitative estimate of drug-likeness (QED) is 0.320. The number of nitrogens with one attached hydrogen (secondary N) is 1. The van der Waals surface area contributed by atoms with Gasteiger partial charge < -0.3 is 5.21 Å². The van der Waals surface area contributed by atoms with E-state index in [0.717, 1.165) is 17.0 Å². The molecule has 0 bridgehead atoms. The Kier molecular flexibility index (Phi) is 3.32. The lowest BCUT2D eigenvalue weighted by Crippen LogP contribution is -2.19. The van der Waals surface area contributed by atoms with Crippen molar-refractivity contribution in [3.8, 4) is 0 Å². The highest BCUT2D eigenvalue weighted by atomic mass is 16.5. The summed E-state index contributed by atoms with van der Waals surface area (Å²) in [5.74, 6) is 0.0591. The van der Waals surface area contributed by atoms with Gasteiger partial charge in [-0.25, -0.2) is 4.99 Å². The van der Waals surface area contributed by atoms with Crippen molar-refractivity contribution in [1.82, 2.24) is 5.48 Å². The summed E-state index contributed by atoms with van der Waals surface area (Å²) in [7, 11) is 0. The van der Waals surface area contributed by atoms with Crippen LogP contribution in [0.3, 0.4) is 0 Å². The highest BCUT2D eigenvalue weighted by Gasteiger charge is 2.00. The lowest BCUT2D eigenvalue weighted by molar-refractivity contribution is 0.236. The van der Waals surface area contributed by atoms with Crippen LogP contribution >= 0.6 is 0 Å². The first kappa shape index (κ1) is 11.1. The molecule has 0 radical (unpaired) electrons. The highest BCUT2D eigenvalue weighted by Crippen LogP contribution is 2.25. The Morgan fingerprint density at radius 2 is 1.88 bits per heavy atom. The lowest BCUT2D eigenvalue weighted by Gasteiger charge is -2.02. The van der Waals surface area contributed by atoms with Crippen molar-refractivity contribution >= 4 is 28.5 Å². The van der Waals surface area contributed by atoms with Gasteiger partial charge in [0.1, 0.15) is 6.21 Å². The van der Waals surface area contributed by atoms with Gasteiger partial charge in [0.15, 0.2) is 5.84 Å². The van der Waals surface area contributed by atoms with Crippen molar-refractivity contribution in [2.24, 2.45) is 10.1 Å². The van der Waals surface area contributed by atoms with Gasteiger partial charge in [-0.3, -0.25) is 10.7 Å². The Bertz CT molecular complexity index is 573. The molecule has 5 nitrogen and oxygen atoms in total. The number of amidine groups is 1. The van der Waals surface area contributed by atoms with Crippen molar-refractivity contribution in [3.05, 3.63) is 42.5 Å². The van der Waals surface area contributed by atoms with E-state index in [2.05, 4.69) is 10.1 Å². The Labute approximate surface area is 97.7 Å². The molecule has 2 aromatic carbocycles. The average molecular weight is 229 g/mol. The van der Waals surface area contributed by atoms with E-state index in [4.69, 9.17) is 10.4 Å². The average Bonchev–Trinajstić information content (AvgIpc) is 2.38. The van der Waals surface area contributed by atoms with E-state index in [-0.39, 0.29) is 5.84 Å². The normalized spacial score (nSPS) is 12.2. The van der Waals surface area contributed by atoms with Crippen molar-refractivity contribution < 1.29 is 10.4 Å². The second kappa shape index (κ2) is 5.09. The molecule has 17 heavy (non-hydrogen) atoms. The van der Waals surface area contributed by atoms with Gasteiger partial charge in [-0.1, -0.05) is 41.6 Å². The molecule has 0 saturated carbocycles. The third-order valence-corrected chi connectivity index (χ3v) is 2.30. The van der Waals surface area contributed by atoms with E-state index in [1.165, 1.54) is 0 Å². The van der Waals surface area contributed by atoms with Gasteiger partial charge in [0.05, 0.1) is 5.69 Å². The van der Waals surface area contributed by atoms with E-state index in [1.54, 1.807) is 0 Å². The lowest BCUT2D eigenvalue weighted by atomic mass is 10.1. The fourth-order valence-electron chi connectivity index (χ4n) is 1.57. The first-order valence-corrected chi connectivity index (χ1v) is 4.99. The maximum absolute atomic E-state index is 8.81. The zero-order valence-electron chi connectivity index (χ0n) is 8.91. The number of nitrogens with zero attached hydrogens (tertiary/aromatic N) is 2. The van der Waals surface area contributed by atoms with Crippen LogP contribution in [-0.2, 0) is 0 Å². The van der Waals surface area contributed by atoms with Crippen LogP contribution in [0.4, 0.5) is 5.69 Å². The molecule has 0 aliphatic rings. The number of hydrogen-bond acceptors (Lipinski definition) is 4. The molecule has 0 amide bonds. The van der Waals surface area contributed by atoms with E-state index in [9.17, 15) is 0 Å². The molecule has 5 heteroatoms. The zero-order chi connectivity index (χ0) is 12.1. The van der Waals surface area contributed by atoms with Crippen LogP contribution < -0.4 is 5.48 Å². The van der Waals surface area contributed by atoms with Gasteiger partial charge in [-0.2, -0.15) is 0 Å². The molecule has 0 atom stereocenters. The van der Waals surface area contributed by atoms with Crippen LogP contribution in [0, 0.1) is 0 Å². The second-order valence-electron chi connectivity index (χ2n) is 3.35. The molecular weight excluding hydrogens is 218 g/mol. The second-order valence-corrected chi connectivity index (χ2v) is 3.35. The number of hydroxylamine groups is 1. The molecule has 2 rings (SSSR count). The monoisotopic (exact) mass is 229 g/mol. The molecule has 0 aliphatic carbocycles. The minimum atomic E-state index is 0.0591. The van der Waals surface area contributed by atoms with Gasteiger partial charge in [0.25, 0.3) is 0 Å². The number of oxime groups is 1. The van der Waals surface area contributed by atoms with Crippen LogP contribution in [0.2, 0.25) is 0 Å². The number of aliphatic imine (C=N–C) groups is 1. The molecular formula is C12H11N3O2. The van der Waals surface area contributed by atoms with Gasteiger partial charge in [-0.05, 0) is 11.5 Å². The topological polar surface area (TPSA) is 77.2 Å². The van der Waals surface area contributed by atoms with Crippen LogP contribution in [-0.4, -0.2) is 22.5 Å². The molecule has 0 aromatic heterocycles. The zero-order valence-corrected chi connectivity index (χ0v) is 8.91. The molecule has 0 heterocycles. The van der Waals surface area contributed by atoms with Gasteiger partial charge in [-0.15, -0.1) is 0 Å². The molecule has 2 aromatic rings. The van der Waals surface area contributed by atoms with Crippen LogP contribution in [0.5, 0.6) is 0 Å². The van der Waals surface area contributed by atoms with E-state index in [0.29, 0.717) is 5.69 Å². The fraction of sp³-hybridized carbons (Fsp3) is 0. The molecule has 0 unspecified atom stereocenters. The summed E-state index contributed by atoms with van der Waals surface area (Å²) in [5.41, 5.74) is 2.54. The summed E-state index contributed by atoms with van der Waals surface area (Å²) in [4.78, 5) is 4.14. The van der Waals surface area contributed by atoms with Gasteiger partial charge >= 0.3 is 0 Å². The first-order valence-electron chi connectivity index (χ1n) is 4.99. The predicted octanol–water partition coefficient (Wildman–Crippen LogP) is 2.31. The third kappa shape index (κ3) is 2.40. The maximum atomic E-state index is 8.81. The standard InChI is InChI=1S/C12H11N3O2/c16-13-8-12(15-17)14-11-7-3-5-9-4-1-2-6-10(9)11/h1-8,16-17H,(H,14,15)/b13-8-. The number of rotatable bonds is 2. The SMILES string of the molecule is O/N=C\C(=Nc1cccc2ccccc12)NO. The number of fused-ring (bicyclic) bond motifs is 1. The Morgan fingerprint density at radius 1 is 1.12 bits per heavy atom. The Balaban J connectivity index is 2.55. The third-order valence-electron chi connectivity index (χ3n) is 2.30.